The van der Waals surface area contributed by atoms with E-state index in [1.54, 1.807) is 0 Å². The van der Waals surface area contributed by atoms with Gasteiger partial charge in [0.05, 0.1) is 0 Å². The smallest absolute Gasteiger partial charge is 0.000727 e. The van der Waals surface area contributed by atoms with Gasteiger partial charge in [0, 0.05) is 0 Å². The van der Waals surface area contributed by atoms with Gasteiger partial charge in [-0.3, -0.25) is 0 Å². The standard InChI is InChI=1S/C40H28.C39H26.C36H28.C35H26/c1-2-13-28(14-3-1)33-25-24-29-15-6-7-17-32(29)39(33)40-36-20-10-8-18-34(36)38(35-19-9-11-21-37(35)40)31-23-22-27-12-4-5-16-30(27)26-31;1-2-13-27(14-3-1)36-25-29-16-6-7-17-31(29)38(36)39-34-20-10-8-18-32(34)37(33-19-9-11-21-35(33)39)30-23-22-26-12-4-5-15-28(26)24-30;1-2-13-26(14-3-1)29-16-6-7-17-30(29)36-33-20-10-8-18-31(33)35(32-19-9-11-21-34(32)36)28-23-22-25-12-4-5-15-27(25)24-28;1-2-12-25(13-3-1)28-19-10-20-29(28)35-32-17-8-6-15-30(32)34(31-16-7-9-18-33(31)35)27-22-21-24-11-4-5-14-26(24)23-27/h1-23,26H,24-25H2;1-24H,25H2;1-5,8-15,18-24H,6-7,16-17H2;1-9,11-18,21-23H,10,19-20H2. The normalized spacial score (nSPS) is 13.5. The predicted octanol–water partition coefficient (Wildman–Crippen LogP) is 41.3. The van der Waals surface area contributed by atoms with Gasteiger partial charge in [0.25, 0.3) is 0 Å². The first-order chi connectivity index (χ1) is 74.5. The van der Waals surface area contributed by atoms with E-state index in [1.165, 1.54) is 304 Å². The van der Waals surface area contributed by atoms with E-state index < -0.39 is 0 Å². The Morgan fingerprint density at radius 1 is 0.113 bits per heavy atom. The van der Waals surface area contributed by atoms with Gasteiger partial charge in [-0.15, -0.1) is 0 Å². The zero-order chi connectivity index (χ0) is 99.3. The molecule has 0 heterocycles. The molecule has 4 aliphatic rings. The van der Waals surface area contributed by atoms with Gasteiger partial charge < -0.3 is 0 Å². The second-order valence-corrected chi connectivity index (χ2v) is 40.7. The molecule has 0 fully saturated rings. The molecule has 4 aliphatic carbocycles. The van der Waals surface area contributed by atoms with Crippen LogP contribution in [0.5, 0.6) is 0 Å². The van der Waals surface area contributed by atoms with Crippen molar-refractivity contribution in [2.75, 3.05) is 0 Å². The highest BCUT2D eigenvalue weighted by atomic mass is 14.4. The molecule has 0 unspecified atom stereocenters. The van der Waals surface area contributed by atoms with Crippen molar-refractivity contribution in [3.63, 3.8) is 0 Å². The minimum absolute atomic E-state index is 0.949. The van der Waals surface area contributed by atoms with E-state index in [9.17, 15) is 0 Å². The Balaban J connectivity index is 0.0000000985. The molecule has 0 bridgehead atoms. The Kier molecular flexibility index (Phi) is 23.9. The van der Waals surface area contributed by atoms with E-state index in [4.69, 9.17) is 0 Å². The van der Waals surface area contributed by atoms with Gasteiger partial charge in [0.1, 0.15) is 0 Å². The number of hydrogen-bond donors (Lipinski definition) is 0. The topological polar surface area (TPSA) is 0 Å². The number of hydrogen-bond acceptors (Lipinski definition) is 0. The fourth-order valence-electron chi connectivity index (χ4n) is 25.7. The molecule has 0 atom stereocenters. The lowest BCUT2D eigenvalue weighted by molar-refractivity contribution is 0.754. The van der Waals surface area contributed by atoms with Crippen LogP contribution in [0.3, 0.4) is 0 Å². The Morgan fingerprint density at radius 3 is 0.640 bits per heavy atom. The van der Waals surface area contributed by atoms with E-state index in [2.05, 4.69) is 534 Å². The Labute approximate surface area is 876 Å². The minimum atomic E-state index is 0.949. The van der Waals surface area contributed by atoms with Gasteiger partial charge in [-0.2, -0.15) is 0 Å². The molecule has 0 heteroatoms. The van der Waals surface area contributed by atoms with Gasteiger partial charge in [-0.25, -0.2) is 0 Å². The van der Waals surface area contributed by atoms with E-state index in [-0.39, 0.29) is 0 Å². The maximum atomic E-state index is 2.36. The lowest BCUT2D eigenvalue weighted by Crippen LogP contribution is -2.07. The summed E-state index contributed by atoms with van der Waals surface area (Å²) in [6, 6.07) is 196. The third kappa shape index (κ3) is 16.5. The molecule has 26 aromatic carbocycles. The van der Waals surface area contributed by atoms with Crippen molar-refractivity contribution in [3.8, 4) is 44.5 Å². The van der Waals surface area contributed by atoms with Crippen molar-refractivity contribution in [1.29, 1.82) is 0 Å². The summed E-state index contributed by atoms with van der Waals surface area (Å²) in [5.41, 5.74) is 38.5. The molecule has 0 spiro atoms. The molecule has 0 saturated carbocycles. The van der Waals surface area contributed by atoms with Crippen molar-refractivity contribution in [2.24, 2.45) is 0 Å². The van der Waals surface area contributed by atoms with Crippen LogP contribution in [0.2, 0.25) is 0 Å². The zero-order valence-corrected chi connectivity index (χ0v) is 83.9. The first-order valence-electron chi connectivity index (χ1n) is 53.5. The molecule has 0 aromatic heterocycles. The summed E-state index contributed by atoms with van der Waals surface area (Å²) in [5, 5.41) is 31.4. The number of rotatable bonds is 12. The van der Waals surface area contributed by atoms with Crippen LogP contribution in [-0.2, 0) is 12.8 Å². The minimum Gasteiger partial charge on any atom is -0.0622 e. The second-order valence-electron chi connectivity index (χ2n) is 40.7. The molecule has 150 heavy (non-hydrogen) atoms. The number of benzene rings is 26. The fraction of sp³-hybridized carbons (Fsp3) is 0.0667. The molecular formula is C150H108. The summed E-state index contributed by atoms with van der Waals surface area (Å²) >= 11 is 0. The van der Waals surface area contributed by atoms with Crippen molar-refractivity contribution in [2.45, 2.75) is 64.2 Å². The largest absolute Gasteiger partial charge is 0.0622 e. The SMILES string of the molecule is c1ccc(C2=C(c3c4ccccc4c(-c4ccc5ccccc5c4)c4ccccc34)CCC2)cc1.c1ccc(C2=C(c3c4ccccc4c(-c4ccc5ccccc5c4)c4ccccc34)CCCC2)cc1.c1ccc(C2=C(c3c4ccccc4c(-c4ccc5ccccc5c4)c4ccccc34)c3ccccc3C2)cc1.c1ccc(C2=C(c3c4ccccc4c(-c4ccc5ccccc5c4)c4ccccc34)c3ccccc3CC2)cc1. The molecule has 30 rings (SSSR count). The highest BCUT2D eigenvalue weighted by Gasteiger charge is 2.32. The van der Waals surface area contributed by atoms with E-state index in [0.717, 1.165) is 44.9 Å². The van der Waals surface area contributed by atoms with Crippen LogP contribution in [0.15, 0.2) is 534 Å². The van der Waals surface area contributed by atoms with Gasteiger partial charge >= 0.3 is 0 Å². The zero-order valence-electron chi connectivity index (χ0n) is 83.9. The number of aryl methyl sites for hydroxylation is 1. The van der Waals surface area contributed by atoms with Crippen LogP contribution in [0.25, 0.3) is 218 Å². The van der Waals surface area contributed by atoms with Crippen molar-refractivity contribution < 1.29 is 0 Å². The predicted molar refractivity (Wildman–Crippen MR) is 646 cm³/mol. The molecule has 708 valence electrons. The summed E-state index contributed by atoms with van der Waals surface area (Å²) in [4.78, 5) is 0. The maximum absolute atomic E-state index is 2.36. The lowest BCUT2D eigenvalue weighted by atomic mass is 9.76. The Bertz CT molecular complexity index is 9750. The fourth-order valence-corrected chi connectivity index (χ4v) is 25.7. The number of allylic oxidation sites excluding steroid dienone is 6. The van der Waals surface area contributed by atoms with Crippen LogP contribution in [0.4, 0.5) is 0 Å². The lowest BCUT2D eigenvalue weighted by Gasteiger charge is -2.27. The van der Waals surface area contributed by atoms with Crippen molar-refractivity contribution >= 4 is 174 Å². The third-order valence-corrected chi connectivity index (χ3v) is 32.3. The molecule has 26 aromatic rings. The molecule has 0 radical (unpaired) electrons. The summed E-state index contributed by atoms with van der Waals surface area (Å²) in [6.07, 6.45) is 11.3. The van der Waals surface area contributed by atoms with Crippen molar-refractivity contribution in [1.82, 2.24) is 0 Å². The van der Waals surface area contributed by atoms with E-state index in [1.807, 2.05) is 0 Å². The molecule has 0 amide bonds. The highest BCUT2D eigenvalue weighted by Crippen LogP contribution is 2.56. The highest BCUT2D eigenvalue weighted by molar-refractivity contribution is 6.28. The summed E-state index contributed by atoms with van der Waals surface area (Å²) < 4.78 is 0. The van der Waals surface area contributed by atoms with Crippen LogP contribution >= 0.6 is 0 Å². The first kappa shape index (κ1) is 90.6. The average molecular weight is 1910 g/mol. The molecule has 0 saturated heterocycles. The molecular weight excluding hydrogens is 1800 g/mol. The average Bonchev–Trinajstić information content (AvgIpc) is 1.28. The van der Waals surface area contributed by atoms with Crippen molar-refractivity contribution in [3.05, 3.63) is 601 Å². The quantitative estimate of drug-likeness (QED) is 0.107. The molecule has 0 aliphatic heterocycles. The van der Waals surface area contributed by atoms with Crippen LogP contribution < -0.4 is 0 Å². The van der Waals surface area contributed by atoms with Crippen LogP contribution in [0, 0.1) is 0 Å². The Morgan fingerprint density at radius 2 is 0.327 bits per heavy atom. The summed E-state index contributed by atoms with van der Waals surface area (Å²) in [5.74, 6) is 0. The van der Waals surface area contributed by atoms with Gasteiger partial charge in [-0.1, -0.05) is 510 Å². The Hall–Kier alpha value is -18.2. The van der Waals surface area contributed by atoms with Crippen LogP contribution in [0.1, 0.15) is 118 Å². The monoisotopic (exact) mass is 1910 g/mol. The van der Waals surface area contributed by atoms with E-state index in [0.29, 0.717) is 0 Å². The number of fused-ring (bicyclic) bond motifs is 14. The molecule has 0 N–H and O–H groups in total. The maximum Gasteiger partial charge on any atom is -0.000727 e. The van der Waals surface area contributed by atoms with E-state index >= 15 is 0 Å². The summed E-state index contributed by atoms with van der Waals surface area (Å²) in [7, 11) is 0. The van der Waals surface area contributed by atoms with Gasteiger partial charge in [0.15, 0.2) is 0 Å². The van der Waals surface area contributed by atoms with Gasteiger partial charge in [-0.05, 0) is 374 Å². The summed E-state index contributed by atoms with van der Waals surface area (Å²) in [6.45, 7) is 0. The third-order valence-electron chi connectivity index (χ3n) is 32.3. The van der Waals surface area contributed by atoms with Gasteiger partial charge in [0.2, 0.25) is 0 Å². The first-order valence-corrected chi connectivity index (χ1v) is 53.5. The molecule has 0 nitrogen and oxygen atoms in total. The van der Waals surface area contributed by atoms with Crippen LogP contribution in [-0.4, -0.2) is 0 Å². The second kappa shape index (κ2) is 39.6.